The van der Waals surface area contributed by atoms with Gasteiger partial charge < -0.3 is 10.4 Å². The fourth-order valence-corrected chi connectivity index (χ4v) is 3.26. The van der Waals surface area contributed by atoms with Crippen LogP contribution in [0.3, 0.4) is 0 Å². The summed E-state index contributed by atoms with van der Waals surface area (Å²) in [6.45, 7) is 6.24. The number of aliphatic hydroxyl groups is 1. The van der Waals surface area contributed by atoms with Crippen molar-refractivity contribution in [3.8, 4) is 0 Å². The van der Waals surface area contributed by atoms with Gasteiger partial charge in [0.15, 0.2) is 0 Å². The van der Waals surface area contributed by atoms with Crippen LogP contribution in [0.25, 0.3) is 0 Å². The van der Waals surface area contributed by atoms with Crippen LogP contribution in [0.1, 0.15) is 62.4 Å². The lowest BCUT2D eigenvalue weighted by Crippen LogP contribution is -2.44. The van der Waals surface area contributed by atoms with Crippen molar-refractivity contribution in [1.29, 1.82) is 0 Å². The first-order valence-corrected chi connectivity index (χ1v) is 8.42. The highest BCUT2D eigenvalue weighted by Gasteiger charge is 2.29. The minimum Gasteiger partial charge on any atom is -0.388 e. The lowest BCUT2D eigenvalue weighted by Gasteiger charge is -2.27. The van der Waals surface area contributed by atoms with E-state index in [1.807, 2.05) is 20.8 Å². The van der Waals surface area contributed by atoms with Crippen LogP contribution >= 0.6 is 0 Å². The quantitative estimate of drug-likeness (QED) is 0.731. The van der Waals surface area contributed by atoms with Crippen molar-refractivity contribution in [2.24, 2.45) is 5.92 Å². The molecule has 1 aromatic rings. The number of hydrogen-bond donors (Lipinski definition) is 3. The van der Waals surface area contributed by atoms with E-state index in [0.29, 0.717) is 13.0 Å². The molecule has 1 saturated carbocycles. The topological polar surface area (TPSA) is 78.0 Å². The fourth-order valence-electron chi connectivity index (χ4n) is 3.26. The number of carbonyl (C=O) groups is 1. The molecule has 0 saturated heterocycles. The Morgan fingerprint density at radius 2 is 1.95 bits per heavy atom. The standard InChI is InChI=1S/C17H29N3O2/c1-12(10-15-13(2)19-20-14(15)3)16(21)18-11-17(22)8-6-4-5-7-9-17/h12,22H,4-11H2,1-3H3,(H,18,21)(H,19,20). The molecule has 0 bridgehead atoms. The number of H-pyrrole nitrogens is 1. The summed E-state index contributed by atoms with van der Waals surface area (Å²) in [5.41, 5.74) is 2.39. The van der Waals surface area contributed by atoms with Gasteiger partial charge in [0.25, 0.3) is 0 Å². The van der Waals surface area contributed by atoms with Gasteiger partial charge in [0.05, 0.1) is 11.3 Å². The second-order valence-electron chi connectivity index (χ2n) is 6.87. The first-order valence-electron chi connectivity index (χ1n) is 8.42. The molecule has 2 rings (SSSR count). The van der Waals surface area contributed by atoms with Crippen molar-refractivity contribution in [2.45, 2.75) is 71.3 Å². The second kappa shape index (κ2) is 7.27. The van der Waals surface area contributed by atoms with Crippen LogP contribution in [0.4, 0.5) is 0 Å². The van der Waals surface area contributed by atoms with Gasteiger partial charge in [-0.05, 0) is 38.7 Å². The van der Waals surface area contributed by atoms with Crippen LogP contribution in [0.15, 0.2) is 0 Å². The van der Waals surface area contributed by atoms with Crippen molar-refractivity contribution in [2.75, 3.05) is 6.54 Å². The Hall–Kier alpha value is -1.36. The fraction of sp³-hybridized carbons (Fsp3) is 0.765. The zero-order chi connectivity index (χ0) is 16.2. The molecule has 1 heterocycles. The summed E-state index contributed by atoms with van der Waals surface area (Å²) in [5, 5.41) is 20.7. The Morgan fingerprint density at radius 1 is 1.32 bits per heavy atom. The molecule has 124 valence electrons. The van der Waals surface area contributed by atoms with Crippen molar-refractivity contribution in [1.82, 2.24) is 15.5 Å². The summed E-state index contributed by atoms with van der Waals surface area (Å²) < 4.78 is 0. The van der Waals surface area contributed by atoms with Gasteiger partial charge >= 0.3 is 0 Å². The molecule has 1 amide bonds. The normalized spacial score (nSPS) is 19.5. The lowest BCUT2D eigenvalue weighted by atomic mass is 9.93. The molecule has 1 aromatic heterocycles. The zero-order valence-electron chi connectivity index (χ0n) is 14.0. The number of aromatic nitrogens is 2. The third-order valence-corrected chi connectivity index (χ3v) is 4.86. The van der Waals surface area contributed by atoms with Crippen molar-refractivity contribution in [3.63, 3.8) is 0 Å². The van der Waals surface area contributed by atoms with E-state index in [-0.39, 0.29) is 11.8 Å². The average molecular weight is 307 g/mol. The van der Waals surface area contributed by atoms with Crippen LogP contribution in [-0.4, -0.2) is 33.4 Å². The molecular formula is C17H29N3O2. The molecule has 1 aliphatic carbocycles. The molecule has 1 aliphatic rings. The Morgan fingerprint density at radius 3 is 2.50 bits per heavy atom. The summed E-state index contributed by atoms with van der Waals surface area (Å²) in [4.78, 5) is 12.3. The number of nitrogens with one attached hydrogen (secondary N) is 2. The maximum atomic E-state index is 12.3. The Balaban J connectivity index is 1.86. The smallest absolute Gasteiger partial charge is 0.223 e. The first-order chi connectivity index (χ1) is 10.4. The highest BCUT2D eigenvalue weighted by molar-refractivity contribution is 5.78. The molecule has 5 heteroatoms. The molecular weight excluding hydrogens is 278 g/mol. The first kappa shape index (κ1) is 17.0. The van der Waals surface area contributed by atoms with Gasteiger partial charge in [-0.1, -0.05) is 32.6 Å². The van der Waals surface area contributed by atoms with Crippen molar-refractivity contribution < 1.29 is 9.90 Å². The third-order valence-electron chi connectivity index (χ3n) is 4.86. The van der Waals surface area contributed by atoms with E-state index in [2.05, 4.69) is 15.5 Å². The van der Waals surface area contributed by atoms with Crippen LogP contribution in [0, 0.1) is 19.8 Å². The minimum absolute atomic E-state index is 0.0117. The monoisotopic (exact) mass is 307 g/mol. The molecule has 22 heavy (non-hydrogen) atoms. The SMILES string of the molecule is Cc1n[nH]c(C)c1CC(C)C(=O)NCC1(O)CCCCCC1. The van der Waals surface area contributed by atoms with E-state index in [9.17, 15) is 9.90 Å². The number of hydrogen-bond acceptors (Lipinski definition) is 3. The average Bonchev–Trinajstić information content (AvgIpc) is 2.69. The molecule has 0 aliphatic heterocycles. The van der Waals surface area contributed by atoms with Gasteiger partial charge in [0.2, 0.25) is 5.91 Å². The van der Waals surface area contributed by atoms with Crippen LogP contribution in [0.5, 0.6) is 0 Å². The predicted molar refractivity (Wildman–Crippen MR) is 86.6 cm³/mol. The van der Waals surface area contributed by atoms with Crippen LogP contribution in [-0.2, 0) is 11.2 Å². The number of nitrogens with zero attached hydrogens (tertiary/aromatic N) is 1. The molecule has 0 radical (unpaired) electrons. The molecule has 3 N–H and O–H groups in total. The van der Waals surface area contributed by atoms with Gasteiger partial charge in [-0.25, -0.2) is 0 Å². The largest absolute Gasteiger partial charge is 0.388 e. The van der Waals surface area contributed by atoms with E-state index < -0.39 is 5.60 Å². The minimum atomic E-state index is -0.715. The molecule has 1 atom stereocenters. The van der Waals surface area contributed by atoms with Gasteiger partial charge in [0.1, 0.15) is 0 Å². The summed E-state index contributed by atoms with van der Waals surface area (Å²) in [5.74, 6) is -0.109. The van der Waals surface area contributed by atoms with Gasteiger partial charge in [0, 0.05) is 18.2 Å². The maximum Gasteiger partial charge on any atom is 0.223 e. The van der Waals surface area contributed by atoms with Gasteiger partial charge in [-0.3, -0.25) is 9.89 Å². The van der Waals surface area contributed by atoms with E-state index in [1.54, 1.807) is 0 Å². The molecule has 0 aromatic carbocycles. The number of rotatable bonds is 5. The summed E-state index contributed by atoms with van der Waals surface area (Å²) in [6, 6.07) is 0. The summed E-state index contributed by atoms with van der Waals surface area (Å²) in [6.07, 6.45) is 6.74. The lowest BCUT2D eigenvalue weighted by molar-refractivity contribution is -0.125. The Bertz CT molecular complexity index is 483. The van der Waals surface area contributed by atoms with E-state index >= 15 is 0 Å². The number of amides is 1. The zero-order valence-corrected chi connectivity index (χ0v) is 14.0. The van der Waals surface area contributed by atoms with Crippen molar-refractivity contribution >= 4 is 5.91 Å². The van der Waals surface area contributed by atoms with E-state index in [0.717, 1.165) is 42.6 Å². The van der Waals surface area contributed by atoms with E-state index in [1.165, 1.54) is 12.8 Å². The number of aromatic amines is 1. The maximum absolute atomic E-state index is 12.3. The molecule has 1 unspecified atom stereocenters. The molecule has 5 nitrogen and oxygen atoms in total. The summed E-state index contributed by atoms with van der Waals surface area (Å²) >= 11 is 0. The highest BCUT2D eigenvalue weighted by atomic mass is 16.3. The van der Waals surface area contributed by atoms with Gasteiger partial charge in [-0.2, -0.15) is 5.10 Å². The Kier molecular flexibility index (Phi) is 5.62. The third kappa shape index (κ3) is 4.32. The number of carbonyl (C=O) groups excluding carboxylic acids is 1. The predicted octanol–water partition coefficient (Wildman–Crippen LogP) is 2.41. The van der Waals surface area contributed by atoms with Crippen LogP contribution in [0.2, 0.25) is 0 Å². The highest BCUT2D eigenvalue weighted by Crippen LogP contribution is 2.26. The van der Waals surface area contributed by atoms with Gasteiger partial charge in [-0.15, -0.1) is 0 Å². The molecule has 1 fully saturated rings. The number of aryl methyl sites for hydroxylation is 2. The Labute approximate surface area is 132 Å². The van der Waals surface area contributed by atoms with Crippen LogP contribution < -0.4 is 5.32 Å². The van der Waals surface area contributed by atoms with Crippen molar-refractivity contribution in [3.05, 3.63) is 17.0 Å². The second-order valence-corrected chi connectivity index (χ2v) is 6.87. The summed E-state index contributed by atoms with van der Waals surface area (Å²) in [7, 11) is 0. The molecule has 0 spiro atoms. The van der Waals surface area contributed by atoms with E-state index in [4.69, 9.17) is 0 Å².